The zero-order chi connectivity index (χ0) is 16.7. The number of hydrogen-bond donors (Lipinski definition) is 1. The average Bonchev–Trinajstić information content (AvgIpc) is 2.93. The van der Waals surface area contributed by atoms with Gasteiger partial charge in [0.2, 0.25) is 0 Å². The van der Waals surface area contributed by atoms with E-state index in [1.165, 1.54) is 30.3 Å². The normalized spacial score (nSPS) is 16.7. The molecule has 3 aromatic rings. The number of nitriles is 1. The Morgan fingerprint density at radius 1 is 1.21 bits per heavy atom. The summed E-state index contributed by atoms with van der Waals surface area (Å²) in [4.78, 5) is 0. The van der Waals surface area contributed by atoms with Crippen LogP contribution in [0.5, 0.6) is 0 Å². The van der Waals surface area contributed by atoms with Gasteiger partial charge < -0.3 is 9.98 Å². The summed E-state index contributed by atoms with van der Waals surface area (Å²) >= 11 is 0. The van der Waals surface area contributed by atoms with Crippen molar-refractivity contribution >= 4 is 27.5 Å². The van der Waals surface area contributed by atoms with Crippen LogP contribution in [0.4, 0.5) is 0 Å². The lowest BCUT2D eigenvalue weighted by atomic mass is 9.88. The number of unbranched alkanes of at least 4 members (excludes halogenated alkanes) is 2. The molecule has 0 saturated heterocycles. The molecule has 120 valence electrons. The number of fused-ring (bicyclic) bond motifs is 3. The largest absolute Gasteiger partial charge is 0.339 e. The lowest BCUT2D eigenvalue weighted by Crippen LogP contribution is -2.26. The van der Waals surface area contributed by atoms with Crippen LogP contribution < -0.4 is 0 Å². The van der Waals surface area contributed by atoms with Gasteiger partial charge in [-0.1, -0.05) is 44.4 Å². The number of aromatic nitrogens is 1. The van der Waals surface area contributed by atoms with Gasteiger partial charge in [-0.05, 0) is 24.6 Å². The number of nitrogens with zero attached hydrogens (tertiary/aromatic N) is 2. The maximum Gasteiger partial charge on any atom is 0.0991 e. The van der Waals surface area contributed by atoms with Gasteiger partial charge in [0.05, 0.1) is 17.1 Å². The summed E-state index contributed by atoms with van der Waals surface area (Å²) in [6.07, 6.45) is 4.72. The molecule has 1 atom stereocenters. The van der Waals surface area contributed by atoms with Crippen molar-refractivity contribution in [1.29, 1.82) is 10.7 Å². The topological polar surface area (TPSA) is 52.6 Å². The second-order valence-electron chi connectivity index (χ2n) is 6.76. The molecule has 0 fully saturated rings. The maximum absolute atomic E-state index is 9.21. The number of hydrogen-bond acceptors (Lipinski definition) is 2. The molecule has 1 unspecified atom stereocenters. The number of nitrogens with one attached hydrogen (secondary N) is 1. The summed E-state index contributed by atoms with van der Waals surface area (Å²) in [5.74, 6) is 0.292. The highest BCUT2D eigenvalue weighted by atomic mass is 15.0. The molecule has 24 heavy (non-hydrogen) atoms. The fourth-order valence-corrected chi connectivity index (χ4v) is 4.04. The van der Waals surface area contributed by atoms with Gasteiger partial charge >= 0.3 is 0 Å². The fraction of sp³-hybridized carbons (Fsp3) is 0.333. The van der Waals surface area contributed by atoms with E-state index in [-0.39, 0.29) is 0 Å². The third kappa shape index (κ3) is 2.14. The quantitative estimate of drug-likeness (QED) is 0.657. The highest BCUT2D eigenvalue weighted by Gasteiger charge is 2.27. The molecule has 0 radical (unpaired) electrons. The van der Waals surface area contributed by atoms with Crippen LogP contribution in [0, 0.1) is 22.7 Å². The van der Waals surface area contributed by atoms with Crippen LogP contribution in [-0.4, -0.2) is 10.3 Å². The van der Waals surface area contributed by atoms with Crippen LogP contribution in [0.2, 0.25) is 0 Å². The van der Waals surface area contributed by atoms with Crippen molar-refractivity contribution in [1.82, 2.24) is 4.57 Å². The Morgan fingerprint density at radius 3 is 2.88 bits per heavy atom. The second-order valence-corrected chi connectivity index (χ2v) is 6.76. The Labute approximate surface area is 142 Å². The van der Waals surface area contributed by atoms with Gasteiger partial charge in [-0.25, -0.2) is 0 Å². The third-order valence-electron chi connectivity index (χ3n) is 5.27. The third-order valence-corrected chi connectivity index (χ3v) is 5.27. The van der Waals surface area contributed by atoms with E-state index in [1.807, 2.05) is 18.2 Å². The Balaban J connectivity index is 1.90. The van der Waals surface area contributed by atoms with Gasteiger partial charge in [-0.2, -0.15) is 5.26 Å². The van der Waals surface area contributed by atoms with E-state index >= 15 is 0 Å². The Morgan fingerprint density at radius 2 is 2.08 bits per heavy atom. The van der Waals surface area contributed by atoms with E-state index in [1.54, 1.807) is 0 Å². The summed E-state index contributed by atoms with van der Waals surface area (Å²) in [6.45, 7) is 3.10. The first-order chi connectivity index (χ1) is 11.7. The minimum Gasteiger partial charge on any atom is -0.339 e. The molecule has 0 amide bonds. The van der Waals surface area contributed by atoms with Gasteiger partial charge in [-0.3, -0.25) is 0 Å². The van der Waals surface area contributed by atoms with E-state index in [2.05, 4.69) is 35.8 Å². The molecule has 1 aliphatic rings. The highest BCUT2D eigenvalue weighted by Crippen LogP contribution is 2.37. The molecule has 2 aromatic carbocycles. The molecule has 4 rings (SSSR count). The van der Waals surface area contributed by atoms with E-state index < -0.39 is 0 Å². The van der Waals surface area contributed by atoms with Crippen LogP contribution in [0.15, 0.2) is 36.4 Å². The minimum absolute atomic E-state index is 0.292. The van der Waals surface area contributed by atoms with E-state index in [9.17, 15) is 5.26 Å². The molecule has 0 aliphatic carbocycles. The second kappa shape index (κ2) is 5.79. The summed E-state index contributed by atoms with van der Waals surface area (Å²) in [7, 11) is 0. The molecule has 0 spiro atoms. The molecule has 1 aromatic heterocycles. The predicted octanol–water partition coefficient (Wildman–Crippen LogP) is 5.24. The van der Waals surface area contributed by atoms with Crippen molar-refractivity contribution in [3.05, 3.63) is 47.5 Å². The first kappa shape index (κ1) is 15.0. The van der Waals surface area contributed by atoms with Gasteiger partial charge in [0.15, 0.2) is 0 Å². The van der Waals surface area contributed by atoms with Crippen molar-refractivity contribution in [2.45, 2.75) is 39.2 Å². The SMILES string of the molecule is CCCCCC1Cn2c3ccc(C#N)cc3c3cccc(c32)C1=N. The van der Waals surface area contributed by atoms with E-state index in [4.69, 9.17) is 5.41 Å². The van der Waals surface area contributed by atoms with Gasteiger partial charge in [0.25, 0.3) is 0 Å². The van der Waals surface area contributed by atoms with Crippen LogP contribution in [0.1, 0.15) is 43.7 Å². The standard InChI is InChI=1S/C21H21N3/c1-2-3-4-6-15-13-24-19-10-9-14(12-22)11-18(19)16-7-5-8-17(20(15)23)21(16)24/h5,7-11,15,23H,2-4,6,13H2,1H3. The summed E-state index contributed by atoms with van der Waals surface area (Å²) < 4.78 is 2.37. The average molecular weight is 315 g/mol. The van der Waals surface area contributed by atoms with Crippen molar-refractivity contribution in [3.63, 3.8) is 0 Å². The zero-order valence-electron chi connectivity index (χ0n) is 14.0. The smallest absolute Gasteiger partial charge is 0.0991 e. The van der Waals surface area contributed by atoms with Crippen LogP contribution in [0.25, 0.3) is 21.8 Å². The maximum atomic E-state index is 9.21. The molecule has 0 saturated carbocycles. The van der Waals surface area contributed by atoms with Crippen molar-refractivity contribution in [2.75, 3.05) is 0 Å². The van der Waals surface area contributed by atoms with Gasteiger partial charge in [-0.15, -0.1) is 0 Å². The Kier molecular flexibility index (Phi) is 3.61. The molecular weight excluding hydrogens is 294 g/mol. The first-order valence-corrected chi connectivity index (χ1v) is 8.78. The summed E-state index contributed by atoms with van der Waals surface area (Å²) in [6, 6.07) is 14.4. The first-order valence-electron chi connectivity index (χ1n) is 8.78. The molecule has 3 nitrogen and oxygen atoms in total. The van der Waals surface area contributed by atoms with Crippen molar-refractivity contribution < 1.29 is 0 Å². The van der Waals surface area contributed by atoms with Crippen molar-refractivity contribution in [3.8, 4) is 6.07 Å². The molecule has 3 heteroatoms. The zero-order valence-corrected chi connectivity index (χ0v) is 14.0. The molecule has 1 N–H and O–H groups in total. The van der Waals surface area contributed by atoms with Crippen LogP contribution in [0.3, 0.4) is 0 Å². The highest BCUT2D eigenvalue weighted by molar-refractivity contribution is 6.18. The minimum atomic E-state index is 0.292. The number of benzene rings is 2. The molecule has 2 heterocycles. The fourth-order valence-electron chi connectivity index (χ4n) is 4.04. The molecule has 0 bridgehead atoms. The predicted molar refractivity (Wildman–Crippen MR) is 98.6 cm³/mol. The van der Waals surface area contributed by atoms with Crippen LogP contribution >= 0.6 is 0 Å². The van der Waals surface area contributed by atoms with E-state index in [0.717, 1.165) is 35.0 Å². The van der Waals surface area contributed by atoms with Crippen LogP contribution in [-0.2, 0) is 6.54 Å². The lowest BCUT2D eigenvalue weighted by molar-refractivity contribution is 0.500. The van der Waals surface area contributed by atoms with Gasteiger partial charge in [0, 0.05) is 40.0 Å². The Bertz CT molecular complexity index is 988. The van der Waals surface area contributed by atoms with Crippen molar-refractivity contribution in [2.24, 2.45) is 5.92 Å². The number of rotatable bonds is 4. The summed E-state index contributed by atoms with van der Waals surface area (Å²) in [5, 5.41) is 20.2. The van der Waals surface area contributed by atoms with Gasteiger partial charge in [0.1, 0.15) is 0 Å². The summed E-state index contributed by atoms with van der Waals surface area (Å²) in [5.41, 5.74) is 4.90. The van der Waals surface area contributed by atoms with E-state index in [0.29, 0.717) is 11.5 Å². The number of para-hydroxylation sites is 1. The molecular formula is C21H21N3. The lowest BCUT2D eigenvalue weighted by Gasteiger charge is -2.26. The Hall–Kier alpha value is -2.60. The molecule has 1 aliphatic heterocycles. The monoisotopic (exact) mass is 315 g/mol.